The predicted octanol–water partition coefficient (Wildman–Crippen LogP) is 3.57. The SMILES string of the molecule is CC(C)(C)OCC(Cc1ccc(-c2ccccc2O)cc1)(C(=O)O)C(=O)O. The topological polar surface area (TPSA) is 104 Å². The minimum atomic E-state index is -2.08. The maximum absolute atomic E-state index is 11.8. The van der Waals surface area contributed by atoms with E-state index in [1.807, 2.05) is 0 Å². The lowest BCUT2D eigenvalue weighted by Gasteiger charge is -2.29. The quantitative estimate of drug-likeness (QED) is 0.642. The number of benzene rings is 2. The van der Waals surface area contributed by atoms with Crippen molar-refractivity contribution in [3.05, 3.63) is 54.1 Å². The predicted molar refractivity (Wildman–Crippen MR) is 101 cm³/mol. The van der Waals surface area contributed by atoms with Crippen molar-refractivity contribution in [1.82, 2.24) is 0 Å². The third kappa shape index (κ3) is 4.86. The van der Waals surface area contributed by atoms with E-state index in [1.165, 1.54) is 0 Å². The first-order valence-electron chi connectivity index (χ1n) is 8.53. The van der Waals surface area contributed by atoms with Gasteiger partial charge < -0.3 is 20.1 Å². The van der Waals surface area contributed by atoms with Crippen molar-refractivity contribution in [2.75, 3.05) is 6.61 Å². The van der Waals surface area contributed by atoms with Crippen molar-refractivity contribution in [1.29, 1.82) is 0 Å². The molecule has 6 nitrogen and oxygen atoms in total. The fourth-order valence-electron chi connectivity index (χ4n) is 2.63. The summed E-state index contributed by atoms with van der Waals surface area (Å²) in [6, 6.07) is 13.6. The lowest BCUT2D eigenvalue weighted by atomic mass is 9.82. The average Bonchev–Trinajstić information content (AvgIpc) is 2.58. The molecule has 2 aromatic rings. The first-order valence-corrected chi connectivity index (χ1v) is 8.53. The Balaban J connectivity index is 2.31. The maximum atomic E-state index is 11.8. The highest BCUT2D eigenvalue weighted by Crippen LogP contribution is 2.31. The zero-order valence-electron chi connectivity index (χ0n) is 15.6. The molecule has 0 aliphatic heterocycles. The molecular weight excluding hydrogens is 348 g/mol. The summed E-state index contributed by atoms with van der Waals surface area (Å²) in [5.74, 6) is -2.75. The zero-order valence-corrected chi connectivity index (χ0v) is 15.6. The van der Waals surface area contributed by atoms with Crippen molar-refractivity contribution in [2.45, 2.75) is 32.8 Å². The molecule has 2 rings (SSSR count). The second-order valence-electron chi connectivity index (χ2n) is 7.48. The largest absolute Gasteiger partial charge is 0.507 e. The zero-order chi connectivity index (χ0) is 20.2. The molecule has 0 atom stereocenters. The van der Waals surface area contributed by atoms with E-state index in [0.717, 1.165) is 5.56 Å². The van der Waals surface area contributed by atoms with Gasteiger partial charge in [0.2, 0.25) is 0 Å². The Hall–Kier alpha value is -2.86. The van der Waals surface area contributed by atoms with Crippen molar-refractivity contribution in [3.63, 3.8) is 0 Å². The lowest BCUT2D eigenvalue weighted by molar-refractivity contribution is -0.173. The van der Waals surface area contributed by atoms with Crippen molar-refractivity contribution >= 4 is 11.9 Å². The van der Waals surface area contributed by atoms with Gasteiger partial charge in [0.1, 0.15) is 5.75 Å². The van der Waals surface area contributed by atoms with E-state index >= 15 is 0 Å². The van der Waals surface area contributed by atoms with E-state index < -0.39 is 29.6 Å². The summed E-state index contributed by atoms with van der Waals surface area (Å²) in [6.45, 7) is 4.77. The van der Waals surface area contributed by atoms with Crippen molar-refractivity contribution in [3.8, 4) is 16.9 Å². The van der Waals surface area contributed by atoms with Crippen LogP contribution in [0.5, 0.6) is 5.75 Å². The normalized spacial score (nSPS) is 12.0. The number of aliphatic carboxylic acids is 2. The van der Waals surface area contributed by atoms with Gasteiger partial charge in [-0.25, -0.2) is 0 Å². The molecule has 0 fully saturated rings. The first-order chi connectivity index (χ1) is 12.5. The number of carboxylic acid groups (broad SMARTS) is 2. The molecule has 0 radical (unpaired) electrons. The van der Waals surface area contributed by atoms with Gasteiger partial charge in [0.15, 0.2) is 5.41 Å². The number of carboxylic acids is 2. The van der Waals surface area contributed by atoms with Crippen LogP contribution in [0.1, 0.15) is 26.3 Å². The van der Waals surface area contributed by atoms with Crippen molar-refractivity contribution in [2.24, 2.45) is 5.41 Å². The molecule has 0 spiro atoms. The molecule has 0 aromatic heterocycles. The molecule has 0 amide bonds. The molecule has 0 bridgehead atoms. The molecule has 144 valence electrons. The van der Waals surface area contributed by atoms with Crippen LogP contribution in [0.3, 0.4) is 0 Å². The number of rotatable bonds is 7. The minimum absolute atomic E-state index is 0.134. The summed E-state index contributed by atoms with van der Waals surface area (Å²) in [7, 11) is 0. The molecule has 0 aliphatic rings. The lowest BCUT2D eigenvalue weighted by Crippen LogP contribution is -2.47. The summed E-state index contributed by atoms with van der Waals surface area (Å²) in [4.78, 5) is 23.6. The highest BCUT2D eigenvalue weighted by Gasteiger charge is 2.48. The average molecular weight is 372 g/mol. The third-order valence-electron chi connectivity index (χ3n) is 4.25. The number of aromatic hydroxyl groups is 1. The number of hydrogen-bond acceptors (Lipinski definition) is 4. The molecule has 0 saturated heterocycles. The smallest absolute Gasteiger partial charge is 0.323 e. The monoisotopic (exact) mass is 372 g/mol. The van der Waals surface area contributed by atoms with Gasteiger partial charge in [-0.15, -0.1) is 0 Å². The highest BCUT2D eigenvalue weighted by molar-refractivity contribution is 5.98. The Morgan fingerprint density at radius 3 is 1.96 bits per heavy atom. The highest BCUT2D eigenvalue weighted by atomic mass is 16.5. The van der Waals surface area contributed by atoms with Crippen LogP contribution in [0.2, 0.25) is 0 Å². The van der Waals surface area contributed by atoms with Crippen LogP contribution in [-0.2, 0) is 20.7 Å². The van der Waals surface area contributed by atoms with Crippen LogP contribution in [0.4, 0.5) is 0 Å². The Bertz CT molecular complexity index is 803. The molecule has 27 heavy (non-hydrogen) atoms. The Morgan fingerprint density at radius 2 is 1.48 bits per heavy atom. The van der Waals surface area contributed by atoms with Crippen LogP contribution >= 0.6 is 0 Å². The van der Waals surface area contributed by atoms with Crippen LogP contribution in [-0.4, -0.2) is 39.5 Å². The van der Waals surface area contributed by atoms with Gasteiger partial charge in [-0.2, -0.15) is 0 Å². The van der Waals surface area contributed by atoms with Crippen LogP contribution in [0, 0.1) is 5.41 Å². The molecule has 0 aliphatic carbocycles. The number of para-hydroxylation sites is 1. The van der Waals surface area contributed by atoms with Gasteiger partial charge in [0.05, 0.1) is 12.2 Å². The van der Waals surface area contributed by atoms with E-state index in [2.05, 4.69) is 0 Å². The number of ether oxygens (including phenoxy) is 1. The van der Waals surface area contributed by atoms with E-state index in [4.69, 9.17) is 4.74 Å². The maximum Gasteiger partial charge on any atom is 0.323 e. The van der Waals surface area contributed by atoms with E-state index in [-0.39, 0.29) is 12.2 Å². The Morgan fingerprint density at radius 1 is 0.926 bits per heavy atom. The molecule has 2 aromatic carbocycles. The van der Waals surface area contributed by atoms with Crippen LogP contribution in [0.25, 0.3) is 11.1 Å². The molecule has 6 heteroatoms. The van der Waals surface area contributed by atoms with Gasteiger partial charge in [-0.05, 0) is 38.0 Å². The Labute approximate surface area is 158 Å². The number of phenols is 1. The number of carbonyl (C=O) groups is 2. The van der Waals surface area contributed by atoms with Gasteiger partial charge in [0, 0.05) is 12.0 Å². The Kier molecular flexibility index (Phi) is 5.91. The van der Waals surface area contributed by atoms with Gasteiger partial charge in [0.25, 0.3) is 0 Å². The summed E-state index contributed by atoms with van der Waals surface area (Å²) in [5.41, 5.74) is -0.799. The number of hydrogen-bond donors (Lipinski definition) is 3. The second kappa shape index (κ2) is 7.80. The third-order valence-corrected chi connectivity index (χ3v) is 4.25. The second-order valence-corrected chi connectivity index (χ2v) is 7.48. The molecule has 0 saturated carbocycles. The van der Waals surface area contributed by atoms with E-state index in [9.17, 15) is 24.9 Å². The van der Waals surface area contributed by atoms with Gasteiger partial charge in [-0.3, -0.25) is 9.59 Å². The van der Waals surface area contributed by atoms with Crippen LogP contribution < -0.4 is 0 Å². The minimum Gasteiger partial charge on any atom is -0.507 e. The summed E-state index contributed by atoms with van der Waals surface area (Å²) in [6.07, 6.45) is -0.213. The van der Waals surface area contributed by atoms with Crippen LogP contribution in [0.15, 0.2) is 48.5 Å². The molecule has 0 unspecified atom stereocenters. The fraction of sp³-hybridized carbons (Fsp3) is 0.333. The summed E-state index contributed by atoms with van der Waals surface area (Å²) in [5, 5.41) is 29.2. The molecular formula is C21H24O6. The number of phenolic OH excluding ortho intramolecular Hbond substituents is 1. The van der Waals surface area contributed by atoms with E-state index in [0.29, 0.717) is 11.1 Å². The molecule has 3 N–H and O–H groups in total. The summed E-state index contributed by atoms with van der Waals surface area (Å²) < 4.78 is 5.50. The van der Waals surface area contributed by atoms with Gasteiger partial charge in [-0.1, -0.05) is 42.5 Å². The standard InChI is InChI=1S/C21H24O6/c1-20(2,3)27-13-21(18(23)24,19(25)26)12-14-8-10-15(11-9-14)16-6-4-5-7-17(16)22/h4-11,22H,12-13H2,1-3H3,(H,23,24)(H,25,26). The first kappa shape index (κ1) is 20.5. The van der Waals surface area contributed by atoms with Gasteiger partial charge >= 0.3 is 11.9 Å². The fourth-order valence-corrected chi connectivity index (χ4v) is 2.63. The van der Waals surface area contributed by atoms with E-state index in [1.54, 1.807) is 69.3 Å². The molecule has 0 heterocycles. The van der Waals surface area contributed by atoms with Crippen molar-refractivity contribution < 1.29 is 29.6 Å². The summed E-state index contributed by atoms with van der Waals surface area (Å²) >= 11 is 0.